The summed E-state index contributed by atoms with van der Waals surface area (Å²) in [5, 5.41) is 27.8. The zero-order valence-corrected chi connectivity index (χ0v) is 30.1. The van der Waals surface area contributed by atoms with Gasteiger partial charge in [0.1, 0.15) is 11.7 Å². The van der Waals surface area contributed by atoms with Crippen LogP contribution >= 0.6 is 0 Å². The summed E-state index contributed by atoms with van der Waals surface area (Å²) in [4.78, 5) is 65.9. The van der Waals surface area contributed by atoms with E-state index in [4.69, 9.17) is 9.97 Å². The molecule has 3 unspecified atom stereocenters. The van der Waals surface area contributed by atoms with Crippen LogP contribution in [-0.4, -0.2) is 73.8 Å². The van der Waals surface area contributed by atoms with Gasteiger partial charge in [0.15, 0.2) is 5.65 Å². The second-order valence-corrected chi connectivity index (χ2v) is 14.2. The molecule has 3 aliphatic rings. The first-order chi connectivity index (χ1) is 26.0. The number of carbonyl (C=O) groups is 4. The van der Waals surface area contributed by atoms with Crippen molar-refractivity contribution in [1.29, 1.82) is 0 Å². The number of pyridine rings is 3. The second kappa shape index (κ2) is 14.2. The van der Waals surface area contributed by atoms with E-state index >= 15 is 0 Å². The number of amides is 3. The molecule has 2 aliphatic heterocycles. The number of anilines is 2. The Kier molecular flexibility index (Phi) is 9.26. The van der Waals surface area contributed by atoms with Gasteiger partial charge in [-0.2, -0.15) is 0 Å². The molecule has 5 heterocycles. The summed E-state index contributed by atoms with van der Waals surface area (Å²) in [5.41, 5.74) is 7.20. The number of hydrogen-bond donors (Lipinski definition) is 6. The van der Waals surface area contributed by atoms with Gasteiger partial charge in [-0.25, -0.2) is 19.7 Å². The van der Waals surface area contributed by atoms with Crippen LogP contribution in [-0.2, 0) is 27.2 Å². The van der Waals surface area contributed by atoms with Gasteiger partial charge in [0.25, 0.3) is 0 Å². The third kappa shape index (κ3) is 6.86. The summed E-state index contributed by atoms with van der Waals surface area (Å²) in [7, 11) is 0. The van der Waals surface area contributed by atoms with E-state index in [2.05, 4.69) is 49.5 Å². The molecular weight excluding hydrogens is 686 g/mol. The molecule has 2 fully saturated rings. The number of carbonyl (C=O) groups excluding carboxylic acids is 3. The van der Waals surface area contributed by atoms with Gasteiger partial charge in [0, 0.05) is 35.9 Å². The van der Waals surface area contributed by atoms with Gasteiger partial charge >= 0.3 is 5.97 Å². The largest absolute Gasteiger partial charge is 0.477 e. The minimum Gasteiger partial charge on any atom is -0.477 e. The molecule has 0 spiro atoms. The number of aryl methyl sites for hydroxylation is 3. The molecule has 2 saturated heterocycles. The number of benzene rings is 2. The van der Waals surface area contributed by atoms with Gasteiger partial charge in [-0.05, 0) is 122 Å². The van der Waals surface area contributed by atoms with E-state index < -0.39 is 18.1 Å². The molecule has 3 amide bonds. The normalized spacial score (nSPS) is 18.9. The fraction of sp³-hybridized carbons (Fsp3) is 0.300. The first-order valence-corrected chi connectivity index (χ1v) is 18.1. The minimum atomic E-state index is -1.07. The molecule has 3 aromatic heterocycles. The van der Waals surface area contributed by atoms with Crippen molar-refractivity contribution in [2.45, 2.75) is 64.6 Å². The number of aromatic nitrogens is 3. The molecule has 0 saturated carbocycles. The molecule has 1 aliphatic carbocycles. The lowest BCUT2D eigenvalue weighted by molar-refractivity contribution is -0.128. The number of carboxylic acid groups (broad SMARTS) is 1. The third-order valence-corrected chi connectivity index (χ3v) is 10.5. The number of carboxylic acids is 1. The highest BCUT2D eigenvalue weighted by molar-refractivity contribution is 6.00. The minimum absolute atomic E-state index is 0.00767. The monoisotopic (exact) mass is 726 g/mol. The molecule has 6 N–H and O–H groups in total. The smallest absolute Gasteiger partial charge is 0.354 e. The Labute approximate surface area is 311 Å². The molecule has 54 heavy (non-hydrogen) atoms. The van der Waals surface area contributed by atoms with Crippen molar-refractivity contribution in [2.24, 2.45) is 0 Å². The summed E-state index contributed by atoms with van der Waals surface area (Å²) in [6, 6.07) is 15.2. The lowest BCUT2D eigenvalue weighted by Gasteiger charge is -2.57. The van der Waals surface area contributed by atoms with Gasteiger partial charge in [0.05, 0.1) is 17.4 Å². The van der Waals surface area contributed by atoms with Crippen LogP contribution in [0.3, 0.4) is 0 Å². The predicted octanol–water partition coefficient (Wildman–Crippen LogP) is 4.20. The average molecular weight is 727 g/mol. The van der Waals surface area contributed by atoms with E-state index in [1.807, 2.05) is 42.6 Å². The van der Waals surface area contributed by atoms with E-state index in [1.165, 1.54) is 13.0 Å². The molecular formula is C40H40N9O5-. The maximum Gasteiger partial charge on any atom is 0.354 e. The Morgan fingerprint density at radius 2 is 1.61 bits per heavy atom. The fourth-order valence-electron chi connectivity index (χ4n) is 7.60. The Morgan fingerprint density at radius 1 is 0.889 bits per heavy atom. The lowest BCUT2D eigenvalue weighted by Crippen LogP contribution is -2.63. The van der Waals surface area contributed by atoms with Crippen LogP contribution in [0.1, 0.15) is 65.5 Å². The van der Waals surface area contributed by atoms with Gasteiger partial charge in [-0.15, -0.1) is 6.29 Å². The topological polar surface area (TPSA) is 191 Å². The van der Waals surface area contributed by atoms with Crippen molar-refractivity contribution in [1.82, 2.24) is 35.8 Å². The van der Waals surface area contributed by atoms with Crippen LogP contribution in [0.25, 0.3) is 33.2 Å². The van der Waals surface area contributed by atoms with Gasteiger partial charge in [-0.3, -0.25) is 14.4 Å². The first-order valence-electron chi connectivity index (χ1n) is 18.1. The summed E-state index contributed by atoms with van der Waals surface area (Å²) in [5.74, 6) is -1.85. The van der Waals surface area contributed by atoms with Gasteiger partial charge in [0.2, 0.25) is 17.7 Å². The average Bonchev–Trinajstić information content (AvgIpc) is 3.16. The van der Waals surface area contributed by atoms with Crippen LogP contribution in [0.2, 0.25) is 0 Å². The second-order valence-electron chi connectivity index (χ2n) is 14.2. The maximum absolute atomic E-state index is 13.4. The quantitative estimate of drug-likeness (QED) is 0.132. The molecule has 0 bridgehead atoms. The molecule has 8 rings (SSSR count). The van der Waals surface area contributed by atoms with E-state index in [0.29, 0.717) is 41.4 Å². The third-order valence-electron chi connectivity index (χ3n) is 10.5. The van der Waals surface area contributed by atoms with Crippen LogP contribution in [0, 0.1) is 13.2 Å². The number of fused-ring (bicyclic) bond motifs is 6. The Morgan fingerprint density at radius 3 is 2.37 bits per heavy atom. The first kappa shape index (κ1) is 35.2. The highest BCUT2D eigenvalue weighted by Gasteiger charge is 2.30. The zero-order chi connectivity index (χ0) is 37.7. The number of nitrogens with one attached hydrogen (secondary N) is 5. The summed E-state index contributed by atoms with van der Waals surface area (Å²) in [6.45, 7) is 6.65. The van der Waals surface area contributed by atoms with Gasteiger partial charge in [-0.1, -0.05) is 18.2 Å². The van der Waals surface area contributed by atoms with Crippen molar-refractivity contribution in [3.8, 4) is 11.4 Å². The van der Waals surface area contributed by atoms with Crippen molar-refractivity contribution in [3.05, 3.63) is 95.0 Å². The van der Waals surface area contributed by atoms with Crippen LogP contribution in [0.15, 0.2) is 60.8 Å². The predicted molar refractivity (Wildman–Crippen MR) is 203 cm³/mol. The fourth-order valence-corrected chi connectivity index (χ4v) is 7.60. The van der Waals surface area contributed by atoms with E-state index in [1.54, 1.807) is 13.0 Å². The molecule has 14 heteroatoms. The van der Waals surface area contributed by atoms with Crippen molar-refractivity contribution >= 4 is 56.9 Å². The number of hydrogen-bond acceptors (Lipinski definition) is 10. The van der Waals surface area contributed by atoms with E-state index in [9.17, 15) is 24.3 Å². The van der Waals surface area contributed by atoms with Crippen LogP contribution < -0.4 is 26.6 Å². The Balaban J connectivity index is 0.921. The molecule has 0 radical (unpaired) electrons. The SMILES string of the molecule is CC(=O)Nc1ccc2ccc(NC(=O)C(C)NC(=O)C3CCN4CCC(c5cnc6nc7c(cc6c5C)CCc5ccc(C(=O)O)nc5-7)N[C-]4N3)cc2c1. The highest BCUT2D eigenvalue weighted by atomic mass is 16.4. The van der Waals surface area contributed by atoms with Crippen LogP contribution in [0.4, 0.5) is 11.4 Å². The van der Waals surface area contributed by atoms with Crippen molar-refractivity contribution < 1.29 is 24.3 Å². The Bertz CT molecular complexity index is 2360. The summed E-state index contributed by atoms with van der Waals surface area (Å²) < 4.78 is 0. The summed E-state index contributed by atoms with van der Waals surface area (Å²) >= 11 is 0. The molecule has 5 aromatic rings. The standard InChI is InChI=1S/C40H40N9O5/c1-20-29-18-25-5-4-24-8-11-33(39(53)54)45-34(24)35(25)48-36(29)41-19-30(20)31-12-14-49-15-13-32(47-40(49)46-31)38(52)42-21(2)37(51)44-28-10-7-23-6-9-27(43-22(3)50)16-26(23)17-28/h6-11,16-19,21,31-32,46-47H,4-5,12-15H2,1-3H3,(H,42,52)(H,43,50)(H,44,51)(H,53,54)/q-1. The number of rotatable bonds is 7. The molecule has 276 valence electrons. The summed E-state index contributed by atoms with van der Waals surface area (Å²) in [6.07, 6.45) is 5.56. The lowest BCUT2D eigenvalue weighted by atomic mass is 9.90. The van der Waals surface area contributed by atoms with Crippen molar-refractivity contribution in [3.63, 3.8) is 0 Å². The number of nitrogens with zero attached hydrogens (tertiary/aromatic N) is 4. The highest BCUT2D eigenvalue weighted by Crippen LogP contribution is 2.36. The zero-order valence-electron chi connectivity index (χ0n) is 30.1. The molecule has 14 nitrogen and oxygen atoms in total. The molecule has 2 aromatic carbocycles. The number of aromatic carboxylic acids is 1. The molecule has 3 atom stereocenters. The van der Waals surface area contributed by atoms with E-state index in [0.717, 1.165) is 70.5 Å². The van der Waals surface area contributed by atoms with E-state index in [-0.39, 0.29) is 29.5 Å². The van der Waals surface area contributed by atoms with Gasteiger partial charge < -0.3 is 36.6 Å². The van der Waals surface area contributed by atoms with Crippen LogP contribution in [0.5, 0.6) is 0 Å². The van der Waals surface area contributed by atoms with Crippen molar-refractivity contribution in [2.75, 3.05) is 23.7 Å². The Hall–Kier alpha value is -5.83. The maximum atomic E-state index is 13.4.